The lowest BCUT2D eigenvalue weighted by Crippen LogP contribution is -2.09. The molecule has 1 radical (unpaired) electrons. The third-order valence-electron chi connectivity index (χ3n) is 3.12. The highest BCUT2D eigenvalue weighted by molar-refractivity contribution is 5.29. The smallest absolute Gasteiger partial charge is 0.416 e. The van der Waals surface area contributed by atoms with Crippen LogP contribution < -0.4 is 4.74 Å². The minimum Gasteiger partial charge on any atom is -0.494 e. The molecular weight excluding hydrogens is 277 g/mol. The molecule has 1 nitrogen and oxygen atoms in total. The van der Waals surface area contributed by atoms with Crippen LogP contribution in [-0.4, -0.2) is 6.61 Å². The molecule has 0 aliphatic heterocycles. The van der Waals surface area contributed by atoms with Gasteiger partial charge >= 0.3 is 6.18 Å². The van der Waals surface area contributed by atoms with Crippen LogP contribution in [0.15, 0.2) is 48.5 Å². The fraction of sp³-hybridized carbons (Fsp3) is 0.294. The molecule has 0 fully saturated rings. The van der Waals surface area contributed by atoms with E-state index in [2.05, 4.69) is 6.07 Å². The lowest BCUT2D eigenvalue weighted by Gasteiger charge is -2.12. The summed E-state index contributed by atoms with van der Waals surface area (Å²) in [4.78, 5) is 0. The Morgan fingerprint density at radius 2 is 1.67 bits per heavy atom. The summed E-state index contributed by atoms with van der Waals surface area (Å²) in [5, 5.41) is 0. The van der Waals surface area contributed by atoms with Crippen LogP contribution in [0.25, 0.3) is 0 Å². The van der Waals surface area contributed by atoms with Crippen molar-refractivity contribution in [1.29, 1.82) is 0 Å². The van der Waals surface area contributed by atoms with Gasteiger partial charge in [-0.1, -0.05) is 30.3 Å². The van der Waals surface area contributed by atoms with E-state index < -0.39 is 11.7 Å². The molecule has 0 aromatic heterocycles. The van der Waals surface area contributed by atoms with Gasteiger partial charge in [0.15, 0.2) is 0 Å². The molecule has 0 heterocycles. The summed E-state index contributed by atoms with van der Waals surface area (Å²) in [6, 6.07) is 15.7. The summed E-state index contributed by atoms with van der Waals surface area (Å²) in [5.74, 6) is 0.754. The van der Waals surface area contributed by atoms with E-state index in [4.69, 9.17) is 4.74 Å². The molecule has 0 aliphatic rings. The standard InChI is InChI=1S/C17H16F3O/c18-17(19,20)16-12-5-4-8-14(16)9-6-7-13-21-15-10-2-1-3-11-15/h2-5,8,10-12H,6-7,9,13H2. The van der Waals surface area contributed by atoms with Gasteiger partial charge in [0.05, 0.1) is 12.2 Å². The molecule has 0 aliphatic carbocycles. The van der Waals surface area contributed by atoms with Crippen molar-refractivity contribution in [2.24, 2.45) is 0 Å². The summed E-state index contributed by atoms with van der Waals surface area (Å²) in [7, 11) is 0. The topological polar surface area (TPSA) is 9.23 Å². The molecule has 0 atom stereocenters. The van der Waals surface area contributed by atoms with Crippen LogP contribution in [0.2, 0.25) is 0 Å². The molecule has 0 saturated carbocycles. The second-order valence-corrected chi connectivity index (χ2v) is 4.70. The number of aryl methyl sites for hydroxylation is 1. The van der Waals surface area contributed by atoms with Gasteiger partial charge in [-0.25, -0.2) is 0 Å². The fourth-order valence-electron chi connectivity index (χ4n) is 2.09. The van der Waals surface area contributed by atoms with Gasteiger partial charge in [0.1, 0.15) is 5.75 Å². The maximum absolute atomic E-state index is 12.8. The maximum atomic E-state index is 12.8. The zero-order chi connectivity index (χ0) is 15.1. The number of rotatable bonds is 6. The Morgan fingerprint density at radius 3 is 2.38 bits per heavy atom. The van der Waals surface area contributed by atoms with Crippen LogP contribution in [0.1, 0.15) is 24.0 Å². The Kier molecular flexibility index (Phi) is 5.26. The van der Waals surface area contributed by atoms with Crippen LogP contribution in [-0.2, 0) is 12.6 Å². The number of hydrogen-bond acceptors (Lipinski definition) is 1. The number of ether oxygens (including phenoxy) is 1. The normalized spacial score (nSPS) is 11.4. The van der Waals surface area contributed by atoms with Crippen molar-refractivity contribution in [1.82, 2.24) is 0 Å². The predicted octanol–water partition coefficient (Wildman–Crippen LogP) is 4.91. The first-order valence-electron chi connectivity index (χ1n) is 6.81. The number of halogens is 3. The first-order chi connectivity index (χ1) is 10.1. The van der Waals surface area contributed by atoms with E-state index in [9.17, 15) is 13.2 Å². The van der Waals surface area contributed by atoms with E-state index in [1.165, 1.54) is 12.1 Å². The quantitative estimate of drug-likeness (QED) is 0.688. The Labute approximate surface area is 122 Å². The number of alkyl halides is 3. The van der Waals surface area contributed by atoms with E-state index in [1.54, 1.807) is 30.3 Å². The van der Waals surface area contributed by atoms with Crippen molar-refractivity contribution in [3.05, 3.63) is 65.7 Å². The molecule has 0 amide bonds. The first kappa shape index (κ1) is 15.4. The maximum Gasteiger partial charge on any atom is 0.416 e. The van der Waals surface area contributed by atoms with Crippen molar-refractivity contribution < 1.29 is 17.9 Å². The van der Waals surface area contributed by atoms with E-state index in [1.807, 2.05) is 0 Å². The molecular formula is C17H16F3O. The van der Waals surface area contributed by atoms with E-state index >= 15 is 0 Å². The average Bonchev–Trinajstić information content (AvgIpc) is 2.47. The van der Waals surface area contributed by atoms with Crippen molar-refractivity contribution in [2.75, 3.05) is 6.61 Å². The Hall–Kier alpha value is -1.97. The Morgan fingerprint density at radius 1 is 0.952 bits per heavy atom. The minimum atomic E-state index is -4.28. The lowest BCUT2D eigenvalue weighted by molar-refractivity contribution is -0.138. The van der Waals surface area contributed by atoms with Gasteiger partial charge < -0.3 is 4.74 Å². The van der Waals surface area contributed by atoms with Crippen molar-refractivity contribution in [3.63, 3.8) is 0 Å². The highest BCUT2D eigenvalue weighted by Crippen LogP contribution is 2.32. The minimum absolute atomic E-state index is 0.347. The molecule has 0 spiro atoms. The molecule has 4 heteroatoms. The molecule has 0 unspecified atom stereocenters. The van der Waals surface area contributed by atoms with Crippen LogP contribution in [0.4, 0.5) is 13.2 Å². The first-order valence-corrected chi connectivity index (χ1v) is 6.81. The second-order valence-electron chi connectivity index (χ2n) is 4.70. The molecule has 111 valence electrons. The van der Waals surface area contributed by atoms with Gasteiger partial charge in [0.2, 0.25) is 0 Å². The van der Waals surface area contributed by atoms with Crippen LogP contribution in [0, 0.1) is 6.07 Å². The number of benzene rings is 2. The summed E-state index contributed by atoms with van der Waals surface area (Å²) in [5.41, 5.74) is -0.191. The second kappa shape index (κ2) is 7.16. The van der Waals surface area contributed by atoms with Gasteiger partial charge in [-0.15, -0.1) is 0 Å². The molecule has 2 rings (SSSR count). The van der Waals surface area contributed by atoms with Crippen molar-refractivity contribution >= 4 is 0 Å². The highest BCUT2D eigenvalue weighted by Gasteiger charge is 2.32. The Bertz CT molecular complexity index is 549. The lowest BCUT2D eigenvalue weighted by atomic mass is 10.0. The van der Waals surface area contributed by atoms with E-state index in [0.29, 0.717) is 31.4 Å². The zero-order valence-electron chi connectivity index (χ0n) is 11.5. The zero-order valence-corrected chi connectivity index (χ0v) is 11.5. The van der Waals surface area contributed by atoms with Gasteiger partial charge in [0, 0.05) is 0 Å². The summed E-state index contributed by atoms with van der Waals surface area (Å²) in [6.45, 7) is 0.498. The van der Waals surface area contributed by atoms with Crippen LogP contribution in [0.5, 0.6) is 5.75 Å². The molecule has 0 N–H and O–H groups in total. The number of unbranched alkanes of at least 4 members (excludes halogenated alkanes) is 1. The Balaban J connectivity index is 1.79. The molecule has 21 heavy (non-hydrogen) atoms. The average molecular weight is 293 g/mol. The van der Waals surface area contributed by atoms with Crippen molar-refractivity contribution in [3.8, 4) is 5.75 Å². The van der Waals surface area contributed by atoms with Crippen LogP contribution in [0.3, 0.4) is 0 Å². The third kappa shape index (κ3) is 4.81. The molecule has 0 bridgehead atoms. The van der Waals surface area contributed by atoms with Crippen molar-refractivity contribution in [2.45, 2.75) is 25.4 Å². The summed E-state index contributed by atoms with van der Waals surface area (Å²) >= 11 is 0. The van der Waals surface area contributed by atoms with E-state index in [0.717, 1.165) is 11.8 Å². The predicted molar refractivity (Wildman–Crippen MR) is 75.2 cm³/mol. The van der Waals surface area contributed by atoms with Crippen LogP contribution >= 0.6 is 0 Å². The third-order valence-corrected chi connectivity index (χ3v) is 3.12. The number of hydrogen-bond donors (Lipinski definition) is 0. The fourth-order valence-corrected chi connectivity index (χ4v) is 2.09. The largest absolute Gasteiger partial charge is 0.494 e. The summed E-state index contributed by atoms with van der Waals surface area (Å²) in [6.07, 6.45) is -2.51. The SMILES string of the molecule is FC(F)(F)c1ccccc1CCCCOc1cc[c]cc1. The van der Waals surface area contributed by atoms with Gasteiger partial charge in [-0.2, -0.15) is 13.2 Å². The molecule has 2 aromatic rings. The molecule has 2 aromatic carbocycles. The van der Waals surface area contributed by atoms with Gasteiger partial charge in [0.25, 0.3) is 0 Å². The van der Waals surface area contributed by atoms with Gasteiger partial charge in [-0.05, 0) is 49.1 Å². The van der Waals surface area contributed by atoms with E-state index in [-0.39, 0.29) is 0 Å². The van der Waals surface area contributed by atoms with Gasteiger partial charge in [-0.3, -0.25) is 0 Å². The monoisotopic (exact) mass is 293 g/mol. The molecule has 0 saturated heterocycles. The summed E-state index contributed by atoms with van der Waals surface area (Å²) < 4.78 is 44.0. The highest BCUT2D eigenvalue weighted by atomic mass is 19.4.